The molecule has 0 fully saturated rings. The van der Waals surface area contributed by atoms with Gasteiger partial charge in [-0.05, 0) is 35.9 Å². The van der Waals surface area contributed by atoms with Crippen LogP contribution in [0, 0.1) is 0 Å². The van der Waals surface area contributed by atoms with Gasteiger partial charge in [-0.15, -0.1) is 0 Å². The average molecular weight is 335 g/mol. The number of ether oxygens (including phenoxy) is 1. The van der Waals surface area contributed by atoms with Crippen molar-refractivity contribution in [1.29, 1.82) is 0 Å². The van der Waals surface area contributed by atoms with Crippen LogP contribution in [-0.2, 0) is 4.79 Å². The van der Waals surface area contributed by atoms with E-state index in [0.717, 1.165) is 11.3 Å². The van der Waals surface area contributed by atoms with Crippen LogP contribution in [0.3, 0.4) is 0 Å². The third-order valence-electron chi connectivity index (χ3n) is 2.90. The van der Waals surface area contributed by atoms with Crippen LogP contribution in [0.25, 0.3) is 6.08 Å². The van der Waals surface area contributed by atoms with Gasteiger partial charge in [-0.2, -0.15) is 8.78 Å². The fourth-order valence-corrected chi connectivity index (χ4v) is 2.43. The molecule has 23 heavy (non-hydrogen) atoms. The maximum Gasteiger partial charge on any atom is 0.288 e. The van der Waals surface area contributed by atoms with E-state index in [-0.39, 0.29) is 5.91 Å². The molecule has 0 bridgehead atoms. The third-order valence-corrected chi connectivity index (χ3v) is 3.69. The maximum atomic E-state index is 12.5. The normalized spacial score (nSPS) is 11.0. The standard InChI is InChI=1S/C17H15F2NO2S/c1-22-13-9-6-12(7-10-13)8-11-16(21)20-14-4-2-3-5-15(14)23-17(18)19/h2-11,17H,1H3,(H,20,21). The van der Waals surface area contributed by atoms with E-state index in [4.69, 9.17) is 4.74 Å². The van der Waals surface area contributed by atoms with Gasteiger partial charge in [0.2, 0.25) is 5.91 Å². The van der Waals surface area contributed by atoms with Gasteiger partial charge in [0.1, 0.15) is 5.75 Å². The Morgan fingerprint density at radius 1 is 1.17 bits per heavy atom. The first-order valence-electron chi connectivity index (χ1n) is 6.75. The van der Waals surface area contributed by atoms with E-state index in [1.165, 1.54) is 6.08 Å². The molecule has 3 nitrogen and oxygen atoms in total. The van der Waals surface area contributed by atoms with Crippen molar-refractivity contribution < 1.29 is 18.3 Å². The molecule has 2 rings (SSSR count). The number of anilines is 1. The van der Waals surface area contributed by atoms with Crippen LogP contribution in [0.2, 0.25) is 0 Å². The highest BCUT2D eigenvalue weighted by Gasteiger charge is 2.10. The number of amides is 1. The monoisotopic (exact) mass is 335 g/mol. The summed E-state index contributed by atoms with van der Waals surface area (Å²) in [6.45, 7) is 0. The van der Waals surface area contributed by atoms with Gasteiger partial charge in [0.15, 0.2) is 0 Å². The smallest absolute Gasteiger partial charge is 0.288 e. The topological polar surface area (TPSA) is 38.3 Å². The second-order valence-corrected chi connectivity index (χ2v) is 5.50. The molecule has 0 spiro atoms. The Hall–Kier alpha value is -2.34. The number of hydrogen-bond donors (Lipinski definition) is 1. The number of methoxy groups -OCH3 is 1. The lowest BCUT2D eigenvalue weighted by Gasteiger charge is -2.08. The SMILES string of the molecule is COc1ccc(C=CC(=O)Nc2ccccc2SC(F)F)cc1. The molecule has 1 N–H and O–H groups in total. The number of rotatable bonds is 6. The Morgan fingerprint density at radius 2 is 1.87 bits per heavy atom. The molecule has 0 unspecified atom stereocenters. The summed E-state index contributed by atoms with van der Waals surface area (Å²) in [6.07, 6.45) is 2.99. The Balaban J connectivity index is 2.02. The van der Waals surface area contributed by atoms with Crippen molar-refractivity contribution in [2.24, 2.45) is 0 Å². The summed E-state index contributed by atoms with van der Waals surface area (Å²) in [4.78, 5) is 12.3. The first kappa shape index (κ1) is 17.0. The fraction of sp³-hybridized carbons (Fsp3) is 0.118. The van der Waals surface area contributed by atoms with Crippen molar-refractivity contribution in [3.63, 3.8) is 0 Å². The predicted octanol–water partition coefficient (Wildman–Crippen LogP) is 4.66. The van der Waals surface area contributed by atoms with Gasteiger partial charge in [-0.1, -0.05) is 36.0 Å². The zero-order chi connectivity index (χ0) is 16.7. The molecule has 0 atom stereocenters. The van der Waals surface area contributed by atoms with Crippen LogP contribution in [0.1, 0.15) is 5.56 Å². The molecule has 0 aromatic heterocycles. The number of benzene rings is 2. The molecule has 2 aromatic carbocycles. The number of halogens is 2. The highest BCUT2D eigenvalue weighted by Crippen LogP contribution is 2.31. The second-order valence-electron chi connectivity index (χ2n) is 4.47. The average Bonchev–Trinajstić information content (AvgIpc) is 2.55. The number of carbonyl (C=O) groups excluding carboxylic acids is 1. The van der Waals surface area contributed by atoms with Crippen molar-refractivity contribution in [3.8, 4) is 5.75 Å². The molecule has 0 saturated carbocycles. The zero-order valence-electron chi connectivity index (χ0n) is 12.3. The van der Waals surface area contributed by atoms with Crippen molar-refractivity contribution >= 4 is 29.4 Å². The molecule has 1 amide bonds. The van der Waals surface area contributed by atoms with E-state index in [9.17, 15) is 13.6 Å². The van der Waals surface area contributed by atoms with Crippen molar-refractivity contribution in [2.75, 3.05) is 12.4 Å². The maximum absolute atomic E-state index is 12.5. The van der Waals surface area contributed by atoms with E-state index in [0.29, 0.717) is 22.3 Å². The number of thioether (sulfide) groups is 1. The lowest BCUT2D eigenvalue weighted by Crippen LogP contribution is -2.08. The number of nitrogens with one attached hydrogen (secondary N) is 1. The summed E-state index contributed by atoms with van der Waals surface area (Å²) < 4.78 is 30.0. The lowest BCUT2D eigenvalue weighted by molar-refractivity contribution is -0.111. The van der Waals surface area contributed by atoms with Gasteiger partial charge in [0.25, 0.3) is 5.76 Å². The summed E-state index contributed by atoms with van der Waals surface area (Å²) in [7, 11) is 1.58. The van der Waals surface area contributed by atoms with E-state index in [1.807, 2.05) is 12.1 Å². The summed E-state index contributed by atoms with van der Waals surface area (Å²) in [5.74, 6) is -2.20. The Bertz CT molecular complexity index is 687. The fourth-order valence-electron chi connectivity index (χ4n) is 1.83. The Labute approximate surface area is 137 Å². The van der Waals surface area contributed by atoms with Gasteiger partial charge in [-0.25, -0.2) is 0 Å². The molecule has 0 aliphatic rings. The highest BCUT2D eigenvalue weighted by molar-refractivity contribution is 7.99. The minimum absolute atomic E-state index is 0.327. The van der Waals surface area contributed by atoms with Gasteiger partial charge >= 0.3 is 0 Å². The molecule has 0 aliphatic heterocycles. The second kappa shape index (κ2) is 8.33. The van der Waals surface area contributed by atoms with Gasteiger partial charge < -0.3 is 10.1 Å². The van der Waals surface area contributed by atoms with Crippen molar-refractivity contribution in [3.05, 3.63) is 60.2 Å². The van der Waals surface area contributed by atoms with Gasteiger partial charge in [0.05, 0.1) is 12.8 Å². The largest absolute Gasteiger partial charge is 0.497 e. The summed E-state index contributed by atoms with van der Waals surface area (Å²) in [5, 5.41) is 2.60. The quantitative estimate of drug-likeness (QED) is 0.616. The molecular formula is C17H15F2NO2S. The lowest BCUT2D eigenvalue weighted by atomic mass is 10.2. The Kier molecular flexibility index (Phi) is 6.17. The minimum atomic E-state index is -2.54. The number of alkyl halides is 2. The van der Waals surface area contributed by atoms with Crippen LogP contribution >= 0.6 is 11.8 Å². The number of hydrogen-bond acceptors (Lipinski definition) is 3. The van der Waals surface area contributed by atoms with E-state index >= 15 is 0 Å². The third kappa shape index (κ3) is 5.41. The zero-order valence-corrected chi connectivity index (χ0v) is 13.1. The van der Waals surface area contributed by atoms with Crippen LogP contribution in [0.5, 0.6) is 5.75 Å². The minimum Gasteiger partial charge on any atom is -0.497 e. The summed E-state index contributed by atoms with van der Waals surface area (Å²) >= 11 is 0.400. The molecule has 0 heterocycles. The van der Waals surface area contributed by atoms with E-state index in [1.54, 1.807) is 49.6 Å². The van der Waals surface area contributed by atoms with Gasteiger partial charge in [0, 0.05) is 11.0 Å². The first-order valence-corrected chi connectivity index (χ1v) is 7.63. The van der Waals surface area contributed by atoms with Crippen LogP contribution in [0.4, 0.5) is 14.5 Å². The molecule has 2 aromatic rings. The predicted molar refractivity (Wildman–Crippen MR) is 89.0 cm³/mol. The van der Waals surface area contributed by atoms with Crippen LogP contribution in [-0.4, -0.2) is 18.8 Å². The number of para-hydroxylation sites is 1. The van der Waals surface area contributed by atoms with Crippen molar-refractivity contribution in [1.82, 2.24) is 0 Å². The molecule has 6 heteroatoms. The molecule has 0 radical (unpaired) electrons. The highest BCUT2D eigenvalue weighted by atomic mass is 32.2. The first-order chi connectivity index (χ1) is 11.1. The summed E-state index contributed by atoms with van der Waals surface area (Å²) in [5.41, 5.74) is 1.19. The van der Waals surface area contributed by atoms with Crippen LogP contribution < -0.4 is 10.1 Å². The van der Waals surface area contributed by atoms with E-state index in [2.05, 4.69) is 5.32 Å². The molecule has 0 aliphatic carbocycles. The van der Waals surface area contributed by atoms with E-state index < -0.39 is 5.76 Å². The summed E-state index contributed by atoms with van der Waals surface area (Å²) in [6, 6.07) is 13.6. The van der Waals surface area contributed by atoms with Crippen molar-refractivity contribution in [2.45, 2.75) is 10.7 Å². The van der Waals surface area contributed by atoms with Gasteiger partial charge in [-0.3, -0.25) is 4.79 Å². The Morgan fingerprint density at radius 3 is 2.52 bits per heavy atom. The molecule has 120 valence electrons. The van der Waals surface area contributed by atoms with Crippen LogP contribution in [0.15, 0.2) is 59.5 Å². The number of carbonyl (C=O) groups is 1. The molecule has 0 saturated heterocycles. The molecular weight excluding hydrogens is 320 g/mol.